The molecule has 0 unspecified atom stereocenters. The lowest BCUT2D eigenvalue weighted by Crippen LogP contribution is -2.07. The van der Waals surface area contributed by atoms with Crippen molar-refractivity contribution in [3.05, 3.63) is 36.0 Å². The third-order valence-electron chi connectivity index (χ3n) is 2.68. The Morgan fingerprint density at radius 2 is 2.21 bits per heavy atom. The third-order valence-corrected chi connectivity index (χ3v) is 2.68. The minimum absolute atomic E-state index is 0.0442. The number of carbonyl (C=O) groups is 1. The first-order chi connectivity index (χ1) is 9.22. The second-order valence-corrected chi connectivity index (χ2v) is 3.99. The van der Waals surface area contributed by atoms with E-state index in [1.165, 1.54) is 0 Å². The van der Waals surface area contributed by atoms with E-state index >= 15 is 0 Å². The maximum absolute atomic E-state index is 11.1. The number of aromatic carboxylic acids is 1. The van der Waals surface area contributed by atoms with Crippen molar-refractivity contribution in [2.24, 2.45) is 0 Å². The Hall–Kier alpha value is -2.54. The van der Waals surface area contributed by atoms with Crippen LogP contribution in [0.2, 0.25) is 0 Å². The summed E-state index contributed by atoms with van der Waals surface area (Å²) in [5, 5.41) is 14.0. The predicted octanol–water partition coefficient (Wildman–Crippen LogP) is 2.76. The molecule has 19 heavy (non-hydrogen) atoms. The Bertz CT molecular complexity index is 669. The summed E-state index contributed by atoms with van der Waals surface area (Å²) in [5.74, 6) is 5.33. The summed E-state index contributed by atoms with van der Waals surface area (Å²) in [4.78, 5) is 15.2. The zero-order chi connectivity index (χ0) is 13.7. The number of hydrogen-bond acceptors (Lipinski definition) is 3. The Balaban J connectivity index is 2.37. The molecular formula is C15H14N2O2. The van der Waals surface area contributed by atoms with Crippen LogP contribution in [0.1, 0.15) is 23.8 Å². The van der Waals surface area contributed by atoms with E-state index in [1.807, 2.05) is 24.3 Å². The number of anilines is 1. The van der Waals surface area contributed by atoms with Gasteiger partial charge in [-0.1, -0.05) is 24.3 Å². The van der Waals surface area contributed by atoms with Gasteiger partial charge in [0.15, 0.2) is 5.69 Å². The van der Waals surface area contributed by atoms with Crippen molar-refractivity contribution in [2.45, 2.75) is 13.3 Å². The van der Waals surface area contributed by atoms with E-state index in [4.69, 9.17) is 5.11 Å². The van der Waals surface area contributed by atoms with E-state index in [0.29, 0.717) is 18.8 Å². The Morgan fingerprint density at radius 3 is 2.95 bits per heavy atom. The lowest BCUT2D eigenvalue weighted by molar-refractivity contribution is 0.0691. The van der Waals surface area contributed by atoms with E-state index in [9.17, 15) is 4.79 Å². The molecule has 2 N–H and O–H groups in total. The van der Waals surface area contributed by atoms with Crippen LogP contribution >= 0.6 is 0 Å². The van der Waals surface area contributed by atoms with Gasteiger partial charge >= 0.3 is 5.97 Å². The second kappa shape index (κ2) is 5.87. The Kier molecular flexibility index (Phi) is 3.99. The number of benzene rings is 1. The highest BCUT2D eigenvalue weighted by Crippen LogP contribution is 2.22. The maximum Gasteiger partial charge on any atom is 0.354 e. The number of nitrogens with one attached hydrogen (secondary N) is 1. The molecule has 0 aliphatic carbocycles. The van der Waals surface area contributed by atoms with Crippen LogP contribution in [0.15, 0.2) is 30.3 Å². The van der Waals surface area contributed by atoms with Gasteiger partial charge in [-0.2, -0.15) is 0 Å². The lowest BCUT2D eigenvalue weighted by Gasteiger charge is -2.08. The zero-order valence-electron chi connectivity index (χ0n) is 10.6. The number of hydrogen-bond donors (Lipinski definition) is 2. The van der Waals surface area contributed by atoms with Crippen LogP contribution in [0.5, 0.6) is 0 Å². The molecule has 4 nitrogen and oxygen atoms in total. The van der Waals surface area contributed by atoms with E-state index in [2.05, 4.69) is 22.1 Å². The lowest BCUT2D eigenvalue weighted by atomic mass is 10.1. The Labute approximate surface area is 111 Å². The van der Waals surface area contributed by atoms with Gasteiger partial charge in [-0.25, -0.2) is 9.78 Å². The van der Waals surface area contributed by atoms with Gasteiger partial charge in [0.05, 0.1) is 0 Å². The molecule has 0 fully saturated rings. The molecular weight excluding hydrogens is 240 g/mol. The van der Waals surface area contributed by atoms with Crippen molar-refractivity contribution >= 4 is 22.6 Å². The van der Waals surface area contributed by atoms with Gasteiger partial charge < -0.3 is 10.4 Å². The molecule has 0 amide bonds. The minimum Gasteiger partial charge on any atom is -0.477 e. The van der Waals surface area contributed by atoms with Crippen molar-refractivity contribution in [1.82, 2.24) is 4.98 Å². The van der Waals surface area contributed by atoms with Crippen LogP contribution < -0.4 is 5.32 Å². The highest BCUT2D eigenvalue weighted by Gasteiger charge is 2.10. The Morgan fingerprint density at radius 1 is 1.42 bits per heavy atom. The van der Waals surface area contributed by atoms with Gasteiger partial charge in [-0.05, 0) is 18.4 Å². The standard InChI is InChI=1S/C15H14N2O2/c1-2-3-6-9-16-14-12-8-5-4-7-11(12)10-13(17-14)15(18)19/h4-5,7-8,10H,6,9H2,1H3,(H,16,17)(H,18,19). The molecule has 1 heterocycles. The molecule has 0 spiro atoms. The normalized spacial score (nSPS) is 9.74. The molecule has 96 valence electrons. The topological polar surface area (TPSA) is 62.2 Å². The van der Waals surface area contributed by atoms with Crippen LogP contribution in [0.3, 0.4) is 0 Å². The summed E-state index contributed by atoms with van der Waals surface area (Å²) >= 11 is 0. The van der Waals surface area contributed by atoms with Crippen molar-refractivity contribution in [3.8, 4) is 11.8 Å². The fourth-order valence-corrected chi connectivity index (χ4v) is 1.81. The van der Waals surface area contributed by atoms with Crippen LogP contribution in [-0.2, 0) is 0 Å². The SMILES string of the molecule is CC#CCCNc1nc(C(=O)O)cc2ccccc12. The zero-order valence-corrected chi connectivity index (χ0v) is 10.6. The molecule has 1 aromatic heterocycles. The average Bonchev–Trinajstić information content (AvgIpc) is 2.43. The smallest absolute Gasteiger partial charge is 0.354 e. The highest BCUT2D eigenvalue weighted by atomic mass is 16.4. The summed E-state index contributed by atoms with van der Waals surface area (Å²) in [5.41, 5.74) is 0.0442. The van der Waals surface area contributed by atoms with Crippen LogP contribution in [0, 0.1) is 11.8 Å². The van der Waals surface area contributed by atoms with Crippen molar-refractivity contribution in [2.75, 3.05) is 11.9 Å². The number of rotatable bonds is 4. The van der Waals surface area contributed by atoms with Crippen LogP contribution in [0.25, 0.3) is 10.8 Å². The first kappa shape index (κ1) is 12.9. The molecule has 0 radical (unpaired) electrons. The van der Waals surface area contributed by atoms with Gasteiger partial charge in [0.1, 0.15) is 5.82 Å². The molecule has 4 heteroatoms. The maximum atomic E-state index is 11.1. The quantitative estimate of drug-likeness (QED) is 0.650. The van der Waals surface area contributed by atoms with E-state index < -0.39 is 5.97 Å². The molecule has 0 atom stereocenters. The largest absolute Gasteiger partial charge is 0.477 e. The first-order valence-electron chi connectivity index (χ1n) is 5.99. The predicted molar refractivity (Wildman–Crippen MR) is 75.3 cm³/mol. The van der Waals surface area contributed by atoms with Gasteiger partial charge in [-0.3, -0.25) is 0 Å². The number of aromatic nitrogens is 1. The van der Waals surface area contributed by atoms with Gasteiger partial charge in [0, 0.05) is 18.4 Å². The van der Waals surface area contributed by atoms with Crippen molar-refractivity contribution in [3.63, 3.8) is 0 Å². The summed E-state index contributed by atoms with van der Waals surface area (Å²) < 4.78 is 0. The summed E-state index contributed by atoms with van der Waals surface area (Å²) in [7, 11) is 0. The highest BCUT2D eigenvalue weighted by molar-refractivity contribution is 5.97. The molecule has 0 aliphatic rings. The number of carboxylic acids is 1. The van der Waals surface area contributed by atoms with Crippen LogP contribution in [0.4, 0.5) is 5.82 Å². The number of fused-ring (bicyclic) bond motifs is 1. The summed E-state index contributed by atoms with van der Waals surface area (Å²) in [6, 6.07) is 9.15. The third kappa shape index (κ3) is 3.02. The minimum atomic E-state index is -1.03. The van der Waals surface area contributed by atoms with E-state index in [-0.39, 0.29) is 5.69 Å². The fraction of sp³-hybridized carbons (Fsp3) is 0.200. The van der Waals surface area contributed by atoms with Gasteiger partial charge in [0.25, 0.3) is 0 Å². The number of pyridine rings is 1. The molecule has 0 saturated carbocycles. The summed E-state index contributed by atoms with van der Waals surface area (Å²) in [6.07, 6.45) is 0.698. The molecule has 1 aromatic carbocycles. The molecule has 2 rings (SSSR count). The summed E-state index contributed by atoms with van der Waals surface area (Å²) in [6.45, 7) is 2.43. The molecule has 0 bridgehead atoms. The molecule has 0 aliphatic heterocycles. The monoisotopic (exact) mass is 254 g/mol. The van der Waals surface area contributed by atoms with E-state index in [0.717, 1.165) is 10.8 Å². The molecule has 2 aromatic rings. The number of carboxylic acid groups (broad SMARTS) is 1. The van der Waals surface area contributed by atoms with Crippen molar-refractivity contribution in [1.29, 1.82) is 0 Å². The van der Waals surface area contributed by atoms with Crippen LogP contribution in [-0.4, -0.2) is 22.6 Å². The van der Waals surface area contributed by atoms with Gasteiger partial charge in [-0.15, -0.1) is 11.8 Å². The number of nitrogens with zero attached hydrogens (tertiary/aromatic N) is 1. The average molecular weight is 254 g/mol. The fourth-order valence-electron chi connectivity index (χ4n) is 1.81. The molecule has 0 saturated heterocycles. The van der Waals surface area contributed by atoms with Crippen molar-refractivity contribution < 1.29 is 9.90 Å². The van der Waals surface area contributed by atoms with E-state index in [1.54, 1.807) is 13.0 Å². The first-order valence-corrected chi connectivity index (χ1v) is 5.99. The second-order valence-electron chi connectivity index (χ2n) is 3.99. The van der Waals surface area contributed by atoms with Gasteiger partial charge in [0.2, 0.25) is 0 Å².